The van der Waals surface area contributed by atoms with E-state index in [1.54, 1.807) is 12.4 Å². The SMILES string of the molecule is C/C(=N\Nc1ccc(Cl)cc1)c1cccnc1. The average Bonchev–Trinajstić information content (AvgIpc) is 2.39. The summed E-state index contributed by atoms with van der Waals surface area (Å²) in [6.07, 6.45) is 3.52. The van der Waals surface area contributed by atoms with E-state index in [2.05, 4.69) is 15.5 Å². The van der Waals surface area contributed by atoms with Gasteiger partial charge >= 0.3 is 0 Å². The van der Waals surface area contributed by atoms with Crippen LogP contribution in [0.2, 0.25) is 5.02 Å². The van der Waals surface area contributed by atoms with Crippen molar-refractivity contribution in [1.29, 1.82) is 0 Å². The highest BCUT2D eigenvalue weighted by molar-refractivity contribution is 6.30. The third-order valence-corrected chi connectivity index (χ3v) is 2.53. The van der Waals surface area contributed by atoms with E-state index in [0.29, 0.717) is 5.02 Å². The third kappa shape index (κ3) is 3.29. The van der Waals surface area contributed by atoms with Gasteiger partial charge in [0.2, 0.25) is 0 Å². The summed E-state index contributed by atoms with van der Waals surface area (Å²) in [6, 6.07) is 11.2. The predicted molar refractivity (Wildman–Crippen MR) is 71.5 cm³/mol. The van der Waals surface area contributed by atoms with Gasteiger partial charge in [-0.2, -0.15) is 5.10 Å². The number of hydrogen-bond donors (Lipinski definition) is 1. The molecule has 0 saturated carbocycles. The van der Waals surface area contributed by atoms with Crippen LogP contribution in [0.3, 0.4) is 0 Å². The van der Waals surface area contributed by atoms with Gasteiger partial charge in [-0.05, 0) is 37.3 Å². The molecule has 2 aromatic rings. The molecule has 2 rings (SSSR count). The third-order valence-electron chi connectivity index (χ3n) is 2.28. The molecule has 0 aliphatic carbocycles. The molecule has 0 aliphatic rings. The molecule has 1 aromatic carbocycles. The van der Waals surface area contributed by atoms with Crippen LogP contribution in [0.15, 0.2) is 53.9 Å². The van der Waals surface area contributed by atoms with E-state index in [-0.39, 0.29) is 0 Å². The Morgan fingerprint density at radius 3 is 2.65 bits per heavy atom. The van der Waals surface area contributed by atoms with Crippen molar-refractivity contribution < 1.29 is 0 Å². The van der Waals surface area contributed by atoms with Gasteiger partial charge in [-0.1, -0.05) is 17.7 Å². The summed E-state index contributed by atoms with van der Waals surface area (Å²) < 4.78 is 0. The minimum atomic E-state index is 0.712. The number of nitrogens with one attached hydrogen (secondary N) is 1. The molecule has 0 atom stereocenters. The first-order valence-corrected chi connectivity index (χ1v) is 5.60. The van der Waals surface area contributed by atoms with E-state index in [0.717, 1.165) is 17.0 Å². The molecule has 0 spiro atoms. The van der Waals surface area contributed by atoms with Gasteiger partial charge in [0.15, 0.2) is 0 Å². The summed E-state index contributed by atoms with van der Waals surface area (Å²) in [5.74, 6) is 0. The number of hydrogen-bond acceptors (Lipinski definition) is 3. The fourth-order valence-electron chi connectivity index (χ4n) is 1.31. The summed E-state index contributed by atoms with van der Waals surface area (Å²) in [7, 11) is 0. The number of pyridine rings is 1. The molecular formula is C13H12ClN3. The largest absolute Gasteiger partial charge is 0.278 e. The maximum atomic E-state index is 5.80. The van der Waals surface area contributed by atoms with Crippen LogP contribution in [0, 0.1) is 0 Å². The summed E-state index contributed by atoms with van der Waals surface area (Å²) in [5.41, 5.74) is 5.75. The molecule has 0 aliphatic heterocycles. The van der Waals surface area contributed by atoms with Crippen molar-refractivity contribution in [3.63, 3.8) is 0 Å². The number of rotatable bonds is 3. The molecule has 4 heteroatoms. The number of benzene rings is 1. The number of aromatic nitrogens is 1. The van der Waals surface area contributed by atoms with Crippen LogP contribution < -0.4 is 5.43 Å². The summed E-state index contributed by atoms with van der Waals surface area (Å²) >= 11 is 5.80. The molecule has 0 amide bonds. The lowest BCUT2D eigenvalue weighted by molar-refractivity contribution is 1.28. The Balaban J connectivity index is 2.08. The van der Waals surface area contributed by atoms with Crippen molar-refractivity contribution in [2.75, 3.05) is 5.43 Å². The summed E-state index contributed by atoms with van der Waals surface area (Å²) in [6.45, 7) is 1.93. The zero-order valence-corrected chi connectivity index (χ0v) is 10.1. The lowest BCUT2D eigenvalue weighted by atomic mass is 10.2. The lowest BCUT2D eigenvalue weighted by Gasteiger charge is -2.03. The quantitative estimate of drug-likeness (QED) is 0.663. The van der Waals surface area contributed by atoms with E-state index >= 15 is 0 Å². The monoisotopic (exact) mass is 245 g/mol. The normalized spacial score (nSPS) is 11.3. The first-order valence-electron chi connectivity index (χ1n) is 5.22. The molecule has 1 N–H and O–H groups in total. The first-order chi connectivity index (χ1) is 8.25. The van der Waals surface area contributed by atoms with E-state index < -0.39 is 0 Å². The van der Waals surface area contributed by atoms with Gasteiger partial charge < -0.3 is 0 Å². The zero-order valence-electron chi connectivity index (χ0n) is 9.39. The maximum absolute atomic E-state index is 5.80. The lowest BCUT2D eigenvalue weighted by Crippen LogP contribution is -1.99. The van der Waals surface area contributed by atoms with E-state index in [1.807, 2.05) is 43.3 Å². The van der Waals surface area contributed by atoms with Gasteiger partial charge in [0.1, 0.15) is 0 Å². The van der Waals surface area contributed by atoms with Crippen LogP contribution in [0.4, 0.5) is 5.69 Å². The molecule has 3 nitrogen and oxygen atoms in total. The van der Waals surface area contributed by atoms with Crippen molar-refractivity contribution in [3.8, 4) is 0 Å². The molecule has 0 saturated heterocycles. The Kier molecular flexibility index (Phi) is 3.73. The number of anilines is 1. The highest BCUT2D eigenvalue weighted by atomic mass is 35.5. The molecule has 1 heterocycles. The van der Waals surface area contributed by atoms with E-state index in [1.165, 1.54) is 0 Å². The molecule has 1 aromatic heterocycles. The standard InChI is InChI=1S/C13H12ClN3/c1-10(11-3-2-8-15-9-11)16-17-13-6-4-12(14)5-7-13/h2-9,17H,1H3/b16-10+. The highest BCUT2D eigenvalue weighted by Gasteiger charge is 1.96. The minimum absolute atomic E-state index is 0.712. The highest BCUT2D eigenvalue weighted by Crippen LogP contribution is 2.13. The molecular weight excluding hydrogens is 234 g/mol. The Hall–Kier alpha value is -1.87. The predicted octanol–water partition coefficient (Wildman–Crippen LogP) is 3.57. The second-order valence-corrected chi connectivity index (χ2v) is 3.99. The molecule has 0 fully saturated rings. The van der Waals surface area contributed by atoms with Gasteiger partial charge in [0.05, 0.1) is 11.4 Å². The summed E-state index contributed by atoms with van der Waals surface area (Å²) in [4.78, 5) is 4.05. The van der Waals surface area contributed by atoms with Crippen LogP contribution in [0.25, 0.3) is 0 Å². The van der Waals surface area contributed by atoms with E-state index in [9.17, 15) is 0 Å². The second kappa shape index (κ2) is 5.46. The van der Waals surface area contributed by atoms with Crippen LogP contribution >= 0.6 is 11.6 Å². The fraction of sp³-hybridized carbons (Fsp3) is 0.0769. The van der Waals surface area contributed by atoms with Crippen molar-refractivity contribution in [3.05, 3.63) is 59.4 Å². The van der Waals surface area contributed by atoms with Crippen molar-refractivity contribution in [2.24, 2.45) is 5.10 Å². The number of halogens is 1. The van der Waals surface area contributed by atoms with Crippen LogP contribution in [0.5, 0.6) is 0 Å². The van der Waals surface area contributed by atoms with Crippen LogP contribution in [-0.4, -0.2) is 10.7 Å². The van der Waals surface area contributed by atoms with Crippen LogP contribution in [-0.2, 0) is 0 Å². The average molecular weight is 246 g/mol. The molecule has 0 bridgehead atoms. The van der Waals surface area contributed by atoms with E-state index in [4.69, 9.17) is 11.6 Å². The van der Waals surface area contributed by atoms with Crippen molar-refractivity contribution >= 4 is 23.0 Å². The molecule has 86 valence electrons. The van der Waals surface area contributed by atoms with Crippen molar-refractivity contribution in [1.82, 2.24) is 4.98 Å². The smallest absolute Gasteiger partial charge is 0.0663 e. The molecule has 17 heavy (non-hydrogen) atoms. The second-order valence-electron chi connectivity index (χ2n) is 3.56. The van der Waals surface area contributed by atoms with Gasteiger partial charge in [0.25, 0.3) is 0 Å². The van der Waals surface area contributed by atoms with Gasteiger partial charge in [-0.3, -0.25) is 10.4 Å². The Labute approximate surface area is 105 Å². The first kappa shape index (κ1) is 11.6. The van der Waals surface area contributed by atoms with Gasteiger partial charge in [-0.15, -0.1) is 0 Å². The minimum Gasteiger partial charge on any atom is -0.278 e. The molecule has 0 radical (unpaired) electrons. The Bertz CT molecular complexity index is 506. The zero-order chi connectivity index (χ0) is 12.1. The number of hydrazone groups is 1. The maximum Gasteiger partial charge on any atom is 0.0663 e. The summed E-state index contributed by atoms with van der Waals surface area (Å²) in [5, 5.41) is 4.99. The number of nitrogens with zero attached hydrogens (tertiary/aromatic N) is 2. The van der Waals surface area contributed by atoms with Gasteiger partial charge in [-0.25, -0.2) is 0 Å². The van der Waals surface area contributed by atoms with Gasteiger partial charge in [0, 0.05) is 23.0 Å². The molecule has 0 unspecified atom stereocenters. The van der Waals surface area contributed by atoms with Crippen LogP contribution in [0.1, 0.15) is 12.5 Å². The fourth-order valence-corrected chi connectivity index (χ4v) is 1.44. The Morgan fingerprint density at radius 1 is 1.24 bits per heavy atom. The topological polar surface area (TPSA) is 37.3 Å². The Morgan fingerprint density at radius 2 is 2.00 bits per heavy atom. The van der Waals surface area contributed by atoms with Crippen molar-refractivity contribution in [2.45, 2.75) is 6.92 Å².